The topological polar surface area (TPSA) is 34.1 Å². The van der Waals surface area contributed by atoms with Crippen LogP contribution in [-0.2, 0) is 9.59 Å². The molecule has 0 spiro atoms. The van der Waals surface area contributed by atoms with Gasteiger partial charge in [-0.3, -0.25) is 9.59 Å². The first kappa shape index (κ1) is 23.3. The van der Waals surface area contributed by atoms with Crippen LogP contribution >= 0.6 is 0 Å². The second-order valence-corrected chi connectivity index (χ2v) is 8.11. The van der Waals surface area contributed by atoms with Crippen molar-refractivity contribution in [3.8, 4) is 0 Å². The molecule has 0 aromatic heterocycles. The molecular formula is C22H42O2. The fraction of sp³-hybridized carbons (Fsp3) is 0.909. The van der Waals surface area contributed by atoms with Gasteiger partial charge in [0.2, 0.25) is 0 Å². The zero-order valence-electron chi connectivity index (χ0n) is 17.3. The second kappa shape index (κ2) is 11.8. The van der Waals surface area contributed by atoms with Crippen molar-refractivity contribution < 1.29 is 9.59 Å². The lowest BCUT2D eigenvalue weighted by Crippen LogP contribution is -2.47. The second-order valence-electron chi connectivity index (χ2n) is 8.11. The smallest absolute Gasteiger partial charge is 0.136 e. The van der Waals surface area contributed by atoms with E-state index < -0.39 is 10.8 Å². The molecule has 0 aliphatic rings. The maximum atomic E-state index is 12.5. The predicted molar refractivity (Wildman–Crippen MR) is 104 cm³/mol. The average Bonchev–Trinajstić information content (AvgIpc) is 2.53. The summed E-state index contributed by atoms with van der Waals surface area (Å²) >= 11 is 0. The summed E-state index contributed by atoms with van der Waals surface area (Å²) in [7, 11) is 0. The van der Waals surface area contributed by atoms with Crippen LogP contribution in [0.15, 0.2) is 0 Å². The van der Waals surface area contributed by atoms with Crippen LogP contribution in [0.1, 0.15) is 119 Å². The van der Waals surface area contributed by atoms with Gasteiger partial charge in [-0.1, -0.05) is 91.9 Å². The molecule has 0 heterocycles. The molecule has 142 valence electrons. The van der Waals surface area contributed by atoms with Gasteiger partial charge >= 0.3 is 0 Å². The Morgan fingerprint density at radius 1 is 0.583 bits per heavy atom. The summed E-state index contributed by atoms with van der Waals surface area (Å²) in [6, 6.07) is 0. The van der Waals surface area contributed by atoms with Crippen LogP contribution < -0.4 is 0 Å². The average molecular weight is 339 g/mol. The Labute approximate surface area is 151 Å². The Morgan fingerprint density at radius 2 is 0.875 bits per heavy atom. The minimum Gasteiger partial charge on any atom is -0.299 e. The number of carbonyl (C=O) groups excluding carboxylic acids is 2. The molecule has 0 aromatic carbocycles. The number of carbonyl (C=O) groups is 2. The van der Waals surface area contributed by atoms with Crippen molar-refractivity contribution in [2.75, 3.05) is 0 Å². The van der Waals surface area contributed by atoms with Gasteiger partial charge in [0.05, 0.1) is 0 Å². The highest BCUT2D eigenvalue weighted by Gasteiger charge is 2.50. The zero-order valence-corrected chi connectivity index (χ0v) is 17.3. The van der Waals surface area contributed by atoms with Crippen molar-refractivity contribution in [1.29, 1.82) is 0 Å². The first-order chi connectivity index (χ1) is 11.3. The van der Waals surface area contributed by atoms with E-state index in [0.29, 0.717) is 0 Å². The molecule has 0 N–H and O–H groups in total. The molecule has 2 heteroatoms. The van der Waals surface area contributed by atoms with Gasteiger partial charge in [0.15, 0.2) is 0 Å². The van der Waals surface area contributed by atoms with E-state index in [1.165, 1.54) is 51.4 Å². The van der Waals surface area contributed by atoms with E-state index in [-0.39, 0.29) is 11.6 Å². The Bertz CT molecular complexity index is 338. The fourth-order valence-corrected chi connectivity index (χ4v) is 3.85. The van der Waals surface area contributed by atoms with Crippen molar-refractivity contribution in [2.24, 2.45) is 10.8 Å². The van der Waals surface area contributed by atoms with Gasteiger partial charge in [0.25, 0.3) is 0 Å². The molecule has 2 atom stereocenters. The highest BCUT2D eigenvalue weighted by atomic mass is 16.1. The SMILES string of the molecule is CCCCCCCC(C)(C(C)=O)C(C)(CCCCCCC)C(C)=O. The van der Waals surface area contributed by atoms with Gasteiger partial charge in [-0.15, -0.1) is 0 Å². The first-order valence-corrected chi connectivity index (χ1v) is 10.3. The normalized spacial score (nSPS) is 16.4. The van der Waals surface area contributed by atoms with Crippen molar-refractivity contribution in [2.45, 2.75) is 119 Å². The summed E-state index contributed by atoms with van der Waals surface area (Å²) in [5.74, 6) is 0.369. The summed E-state index contributed by atoms with van der Waals surface area (Å²) < 4.78 is 0. The Kier molecular flexibility index (Phi) is 11.5. The molecule has 0 saturated carbocycles. The van der Waals surface area contributed by atoms with Gasteiger partial charge in [0, 0.05) is 10.8 Å². The van der Waals surface area contributed by atoms with Gasteiger partial charge in [-0.05, 0) is 26.7 Å². The van der Waals surface area contributed by atoms with Gasteiger partial charge < -0.3 is 0 Å². The monoisotopic (exact) mass is 338 g/mol. The molecule has 2 unspecified atom stereocenters. The van der Waals surface area contributed by atoms with Crippen LogP contribution in [0.4, 0.5) is 0 Å². The van der Waals surface area contributed by atoms with Crippen LogP contribution in [0.25, 0.3) is 0 Å². The van der Waals surface area contributed by atoms with E-state index in [0.717, 1.165) is 25.7 Å². The van der Waals surface area contributed by atoms with Crippen LogP contribution in [-0.4, -0.2) is 11.6 Å². The molecule has 0 amide bonds. The maximum absolute atomic E-state index is 12.5. The molecule has 2 nitrogen and oxygen atoms in total. The minimum absolute atomic E-state index is 0.184. The molecule has 0 aliphatic carbocycles. The molecule has 0 aromatic rings. The van der Waals surface area contributed by atoms with E-state index >= 15 is 0 Å². The molecule has 0 rings (SSSR count). The Morgan fingerprint density at radius 3 is 1.12 bits per heavy atom. The highest BCUT2D eigenvalue weighted by Crippen LogP contribution is 2.48. The molecule has 0 radical (unpaired) electrons. The van der Waals surface area contributed by atoms with Gasteiger partial charge in [-0.25, -0.2) is 0 Å². The van der Waals surface area contributed by atoms with Crippen LogP contribution in [0.3, 0.4) is 0 Å². The fourth-order valence-electron chi connectivity index (χ4n) is 3.85. The molecule has 0 saturated heterocycles. The van der Waals surface area contributed by atoms with E-state index in [2.05, 4.69) is 13.8 Å². The molecular weight excluding hydrogens is 296 g/mol. The van der Waals surface area contributed by atoms with Gasteiger partial charge in [-0.2, -0.15) is 0 Å². The predicted octanol–water partition coefficient (Wildman–Crippen LogP) is 6.90. The van der Waals surface area contributed by atoms with E-state index in [1.54, 1.807) is 13.8 Å². The number of ketones is 2. The van der Waals surface area contributed by atoms with Crippen molar-refractivity contribution in [1.82, 2.24) is 0 Å². The molecule has 0 fully saturated rings. The largest absolute Gasteiger partial charge is 0.299 e. The van der Waals surface area contributed by atoms with Crippen molar-refractivity contribution in [3.63, 3.8) is 0 Å². The Hall–Kier alpha value is -0.660. The van der Waals surface area contributed by atoms with E-state index in [1.807, 2.05) is 13.8 Å². The number of rotatable bonds is 15. The summed E-state index contributed by atoms with van der Waals surface area (Å²) in [6.07, 6.45) is 13.6. The highest BCUT2D eigenvalue weighted by molar-refractivity contribution is 5.92. The first-order valence-electron chi connectivity index (χ1n) is 10.3. The molecule has 0 aliphatic heterocycles. The standard InChI is InChI=1S/C22H42O2/c1-7-9-11-13-15-17-21(5,19(3)23)22(6,20(4)24)18-16-14-12-10-8-2/h7-18H2,1-6H3. The molecule has 0 bridgehead atoms. The third kappa shape index (κ3) is 6.69. The van der Waals surface area contributed by atoms with Crippen LogP contribution in [0.5, 0.6) is 0 Å². The zero-order chi connectivity index (χ0) is 18.6. The number of hydrogen-bond acceptors (Lipinski definition) is 2. The van der Waals surface area contributed by atoms with Crippen molar-refractivity contribution in [3.05, 3.63) is 0 Å². The van der Waals surface area contributed by atoms with Crippen LogP contribution in [0.2, 0.25) is 0 Å². The summed E-state index contributed by atoms with van der Waals surface area (Å²) in [5, 5.41) is 0. The lowest BCUT2D eigenvalue weighted by atomic mass is 9.57. The summed E-state index contributed by atoms with van der Waals surface area (Å²) in [4.78, 5) is 25.0. The summed E-state index contributed by atoms with van der Waals surface area (Å²) in [5.41, 5.74) is -1.04. The van der Waals surface area contributed by atoms with Crippen molar-refractivity contribution >= 4 is 11.6 Å². The van der Waals surface area contributed by atoms with Gasteiger partial charge in [0.1, 0.15) is 11.6 Å². The van der Waals surface area contributed by atoms with E-state index in [4.69, 9.17) is 0 Å². The third-order valence-electron chi connectivity index (χ3n) is 6.33. The number of Topliss-reactive ketones (excluding diaryl/α,β-unsaturated/α-hetero) is 2. The maximum Gasteiger partial charge on any atom is 0.136 e. The van der Waals surface area contributed by atoms with Crippen LogP contribution in [0, 0.1) is 10.8 Å². The molecule has 24 heavy (non-hydrogen) atoms. The number of hydrogen-bond donors (Lipinski definition) is 0. The minimum atomic E-state index is -0.518. The lowest BCUT2D eigenvalue weighted by molar-refractivity contribution is -0.146. The summed E-state index contributed by atoms with van der Waals surface area (Å²) in [6.45, 7) is 11.9. The van der Waals surface area contributed by atoms with E-state index in [9.17, 15) is 9.59 Å². The number of unbranched alkanes of at least 4 members (excludes halogenated alkanes) is 8. The third-order valence-corrected chi connectivity index (χ3v) is 6.33. The quantitative estimate of drug-likeness (QED) is 0.304. The lowest BCUT2D eigenvalue weighted by Gasteiger charge is -2.44. The Balaban J connectivity index is 4.92.